The van der Waals surface area contributed by atoms with E-state index in [1.54, 1.807) is 6.20 Å². The maximum absolute atomic E-state index is 4.56. The van der Waals surface area contributed by atoms with E-state index in [1.165, 1.54) is 76.5 Å². The number of benzene rings is 8. The molecule has 2 heteroatoms. The molecule has 10 rings (SSSR count). The average Bonchev–Trinajstić information content (AvgIpc) is 3.22. The van der Waals surface area contributed by atoms with Crippen LogP contribution in [0.15, 0.2) is 195 Å². The first-order valence-corrected chi connectivity index (χ1v) is 17.7. The minimum absolute atomic E-state index is 1.06. The Hall–Kier alpha value is -6.90. The molecule has 0 amide bonds. The van der Waals surface area contributed by atoms with Crippen LogP contribution < -0.4 is 0 Å². The number of nitrogens with zero attached hydrogens (tertiary/aromatic N) is 2. The van der Waals surface area contributed by atoms with Gasteiger partial charge in [-0.3, -0.25) is 9.97 Å². The molecule has 0 bridgehead atoms. The van der Waals surface area contributed by atoms with Gasteiger partial charge in [0.2, 0.25) is 0 Å². The van der Waals surface area contributed by atoms with Gasteiger partial charge < -0.3 is 0 Å². The van der Waals surface area contributed by atoms with Crippen molar-refractivity contribution in [3.63, 3.8) is 0 Å². The zero-order valence-electron chi connectivity index (χ0n) is 28.4. The summed E-state index contributed by atoms with van der Waals surface area (Å²) in [6.45, 7) is 0. The van der Waals surface area contributed by atoms with Crippen molar-refractivity contribution in [3.8, 4) is 55.6 Å². The number of hydrogen-bond donors (Lipinski definition) is 0. The molecule has 0 saturated heterocycles. The van der Waals surface area contributed by atoms with Crippen LogP contribution >= 0.6 is 0 Å². The second-order valence-corrected chi connectivity index (χ2v) is 13.5. The molecule has 10 aromatic rings. The highest BCUT2D eigenvalue weighted by Gasteiger charge is 2.18. The summed E-state index contributed by atoms with van der Waals surface area (Å²) in [5.74, 6) is 0. The first-order chi connectivity index (χ1) is 25.8. The van der Waals surface area contributed by atoms with Crippen molar-refractivity contribution < 1.29 is 0 Å². The second kappa shape index (κ2) is 12.5. The Morgan fingerprint density at radius 2 is 0.731 bits per heavy atom. The number of rotatable bonds is 5. The van der Waals surface area contributed by atoms with Gasteiger partial charge in [0.25, 0.3) is 0 Å². The number of hydrogen-bond acceptors (Lipinski definition) is 2. The molecule has 2 aromatic heterocycles. The fourth-order valence-corrected chi connectivity index (χ4v) is 7.81. The van der Waals surface area contributed by atoms with Gasteiger partial charge in [-0.25, -0.2) is 0 Å². The van der Waals surface area contributed by atoms with Crippen molar-refractivity contribution in [2.24, 2.45) is 0 Å². The van der Waals surface area contributed by atoms with Gasteiger partial charge in [0.05, 0.1) is 0 Å². The Balaban J connectivity index is 1.17. The highest BCUT2D eigenvalue weighted by atomic mass is 14.6. The third kappa shape index (κ3) is 5.21. The molecule has 0 aliphatic heterocycles. The average molecular weight is 661 g/mol. The van der Waals surface area contributed by atoms with Crippen molar-refractivity contribution >= 4 is 43.1 Å². The Morgan fingerprint density at radius 1 is 0.250 bits per heavy atom. The molecule has 0 fully saturated rings. The number of fused-ring (bicyclic) bond motifs is 4. The summed E-state index contributed by atoms with van der Waals surface area (Å²) < 4.78 is 0. The molecule has 52 heavy (non-hydrogen) atoms. The summed E-state index contributed by atoms with van der Waals surface area (Å²) in [5.41, 5.74) is 11.7. The lowest BCUT2D eigenvalue weighted by atomic mass is 9.84. The Kier molecular flexibility index (Phi) is 7.18. The quantitative estimate of drug-likeness (QED) is 0.172. The third-order valence-electron chi connectivity index (χ3n) is 10.4. The van der Waals surface area contributed by atoms with E-state index in [1.807, 2.05) is 24.7 Å². The maximum atomic E-state index is 4.56. The molecule has 0 atom stereocenters. The Morgan fingerprint density at radius 3 is 1.35 bits per heavy atom. The monoisotopic (exact) mass is 660 g/mol. The molecule has 0 radical (unpaired) electrons. The third-order valence-corrected chi connectivity index (χ3v) is 10.4. The van der Waals surface area contributed by atoms with Gasteiger partial charge in [-0.15, -0.1) is 0 Å². The molecule has 2 nitrogen and oxygen atoms in total. The summed E-state index contributed by atoms with van der Waals surface area (Å²) in [4.78, 5) is 8.85. The van der Waals surface area contributed by atoms with Crippen LogP contribution in [0.25, 0.3) is 98.7 Å². The molecule has 8 aromatic carbocycles. The molecule has 2 heterocycles. The molecule has 242 valence electrons. The summed E-state index contributed by atoms with van der Waals surface area (Å²) in [6.07, 6.45) is 7.50. The van der Waals surface area contributed by atoms with Gasteiger partial charge in [-0.2, -0.15) is 0 Å². The van der Waals surface area contributed by atoms with Crippen LogP contribution in [0.5, 0.6) is 0 Å². The number of pyridine rings is 2. The summed E-state index contributed by atoms with van der Waals surface area (Å²) >= 11 is 0. The maximum Gasteiger partial charge on any atom is 0.0347 e. The first kappa shape index (κ1) is 30.0. The summed E-state index contributed by atoms with van der Waals surface area (Å²) in [5, 5.41) is 9.98. The summed E-state index contributed by atoms with van der Waals surface area (Å²) in [6, 6.07) is 62.0. The van der Waals surface area contributed by atoms with Crippen molar-refractivity contribution in [3.05, 3.63) is 195 Å². The van der Waals surface area contributed by atoms with E-state index >= 15 is 0 Å². The molecular formula is C50H32N2. The van der Waals surface area contributed by atoms with E-state index in [9.17, 15) is 0 Å². The zero-order chi connectivity index (χ0) is 34.4. The van der Waals surface area contributed by atoms with Gasteiger partial charge in [0, 0.05) is 41.5 Å². The van der Waals surface area contributed by atoms with E-state index in [-0.39, 0.29) is 0 Å². The van der Waals surface area contributed by atoms with Gasteiger partial charge in [-0.1, -0.05) is 140 Å². The highest BCUT2D eigenvalue weighted by Crippen LogP contribution is 2.45. The number of aromatic nitrogens is 2. The largest absolute Gasteiger partial charge is 0.264 e. The standard InChI is InChI=1S/C50H32N2/c1-3-10-37-26-40(21-19-33(37)8-1)49-45-13-5-6-14-46(45)50(41-22-20-34-9-2-4-11-38(34)27-41)48-29-39(23-24-47(48)49)35-15-17-36(18-16-35)43-28-44(32-52-31-43)42-12-7-25-51-30-42/h1-32H. The van der Waals surface area contributed by atoms with E-state index in [0.717, 1.165) is 22.3 Å². The normalized spacial score (nSPS) is 11.5. The van der Waals surface area contributed by atoms with Gasteiger partial charge in [0.15, 0.2) is 0 Å². The molecule has 0 spiro atoms. The zero-order valence-corrected chi connectivity index (χ0v) is 28.4. The van der Waals surface area contributed by atoms with E-state index < -0.39 is 0 Å². The highest BCUT2D eigenvalue weighted by molar-refractivity contribution is 6.22. The van der Waals surface area contributed by atoms with Crippen molar-refractivity contribution in [1.82, 2.24) is 9.97 Å². The van der Waals surface area contributed by atoms with Crippen LogP contribution in [0.2, 0.25) is 0 Å². The lowest BCUT2D eigenvalue weighted by Crippen LogP contribution is -1.92. The van der Waals surface area contributed by atoms with E-state index in [2.05, 4.69) is 174 Å². The molecule has 0 N–H and O–H groups in total. The topological polar surface area (TPSA) is 25.8 Å². The first-order valence-electron chi connectivity index (χ1n) is 17.7. The predicted molar refractivity (Wildman–Crippen MR) is 219 cm³/mol. The van der Waals surface area contributed by atoms with Crippen molar-refractivity contribution in [2.75, 3.05) is 0 Å². The van der Waals surface area contributed by atoms with Crippen LogP contribution in [0, 0.1) is 0 Å². The van der Waals surface area contributed by atoms with Gasteiger partial charge in [-0.05, 0) is 112 Å². The van der Waals surface area contributed by atoms with Crippen LogP contribution in [-0.2, 0) is 0 Å². The molecule has 0 saturated carbocycles. The fourth-order valence-electron chi connectivity index (χ4n) is 7.81. The van der Waals surface area contributed by atoms with Crippen LogP contribution in [-0.4, -0.2) is 9.97 Å². The molecule has 0 unspecified atom stereocenters. The Bertz CT molecular complexity index is 2940. The lowest BCUT2D eigenvalue weighted by molar-refractivity contribution is 1.30. The summed E-state index contributed by atoms with van der Waals surface area (Å²) in [7, 11) is 0. The molecule has 0 aliphatic carbocycles. The van der Waals surface area contributed by atoms with Crippen LogP contribution in [0.3, 0.4) is 0 Å². The minimum atomic E-state index is 1.06. The van der Waals surface area contributed by atoms with Crippen LogP contribution in [0.4, 0.5) is 0 Å². The van der Waals surface area contributed by atoms with Crippen LogP contribution in [0.1, 0.15) is 0 Å². The smallest absolute Gasteiger partial charge is 0.0347 e. The second-order valence-electron chi connectivity index (χ2n) is 13.5. The Labute approximate surface area is 302 Å². The van der Waals surface area contributed by atoms with Gasteiger partial charge >= 0.3 is 0 Å². The van der Waals surface area contributed by atoms with E-state index in [4.69, 9.17) is 0 Å². The van der Waals surface area contributed by atoms with E-state index in [0.29, 0.717) is 0 Å². The molecular weight excluding hydrogens is 629 g/mol. The SMILES string of the molecule is c1cncc(-c2cncc(-c3ccc(-c4ccc5c(-c6ccc7ccccc7c6)c6ccccc6c(-c6ccc7ccccc7c6)c5c4)cc3)c2)c1. The minimum Gasteiger partial charge on any atom is -0.264 e. The van der Waals surface area contributed by atoms with Crippen molar-refractivity contribution in [2.45, 2.75) is 0 Å². The molecule has 0 aliphatic rings. The predicted octanol–water partition coefficient (Wildman–Crippen LogP) is 13.4. The van der Waals surface area contributed by atoms with Crippen molar-refractivity contribution in [1.29, 1.82) is 0 Å². The fraction of sp³-hybridized carbons (Fsp3) is 0. The van der Waals surface area contributed by atoms with Gasteiger partial charge in [0.1, 0.15) is 0 Å². The lowest BCUT2D eigenvalue weighted by Gasteiger charge is -2.19.